The lowest BCUT2D eigenvalue weighted by atomic mass is 9.81. The molecule has 1 aromatic heterocycles. The molecule has 0 aromatic carbocycles. The van der Waals surface area contributed by atoms with Crippen LogP contribution in [0.15, 0.2) is 0 Å². The highest BCUT2D eigenvalue weighted by molar-refractivity contribution is 5.85. The van der Waals surface area contributed by atoms with Crippen LogP contribution in [0.1, 0.15) is 35.7 Å². The summed E-state index contributed by atoms with van der Waals surface area (Å²) < 4.78 is 0. The van der Waals surface area contributed by atoms with Gasteiger partial charge in [-0.1, -0.05) is 0 Å². The fraction of sp³-hybridized carbons (Fsp3) is 0.733. The van der Waals surface area contributed by atoms with Gasteiger partial charge in [0, 0.05) is 44.2 Å². The summed E-state index contributed by atoms with van der Waals surface area (Å²) >= 11 is 0. The van der Waals surface area contributed by atoms with Gasteiger partial charge < -0.3 is 15.3 Å². The van der Waals surface area contributed by atoms with E-state index in [4.69, 9.17) is 0 Å². The van der Waals surface area contributed by atoms with Crippen molar-refractivity contribution >= 4 is 18.3 Å². The predicted molar refractivity (Wildman–Crippen MR) is 84.2 cm³/mol. The molecule has 0 atom stereocenters. The highest BCUT2D eigenvalue weighted by Gasteiger charge is 2.46. The number of aliphatic hydroxyl groups excluding tert-OH is 1. The van der Waals surface area contributed by atoms with Crippen LogP contribution in [-0.4, -0.2) is 58.9 Å². The molecular weight excluding hydrogens is 304 g/mol. The predicted octanol–water partition coefficient (Wildman–Crippen LogP) is 0.218. The fourth-order valence-corrected chi connectivity index (χ4v) is 3.50. The molecule has 122 valence electrons. The summed E-state index contributed by atoms with van der Waals surface area (Å²) in [5.41, 5.74) is 3.21. The monoisotopic (exact) mass is 326 g/mol. The van der Waals surface area contributed by atoms with Gasteiger partial charge in [-0.3, -0.25) is 9.89 Å². The Morgan fingerprint density at radius 2 is 2.05 bits per heavy atom. The summed E-state index contributed by atoms with van der Waals surface area (Å²) in [6.07, 6.45) is 4.23. The summed E-state index contributed by atoms with van der Waals surface area (Å²) in [4.78, 5) is 14.6. The SMILES string of the molecule is Cl.O=C(N1CCc2[nH]nc(C3CC3)c2CC1)C1(CO)CNC1. The molecule has 1 saturated heterocycles. The number of aliphatic hydroxyl groups is 1. The van der Waals surface area contributed by atoms with E-state index in [2.05, 4.69) is 15.5 Å². The summed E-state index contributed by atoms with van der Waals surface area (Å²) in [7, 11) is 0. The number of nitrogens with zero attached hydrogens (tertiary/aromatic N) is 2. The minimum Gasteiger partial charge on any atom is -0.395 e. The van der Waals surface area contributed by atoms with Crippen molar-refractivity contribution in [3.05, 3.63) is 17.0 Å². The number of rotatable bonds is 3. The molecule has 3 N–H and O–H groups in total. The van der Waals surface area contributed by atoms with E-state index in [1.54, 1.807) is 0 Å². The minimum absolute atomic E-state index is 0. The third-order valence-electron chi connectivity index (χ3n) is 5.18. The Bertz CT molecular complexity index is 560. The summed E-state index contributed by atoms with van der Waals surface area (Å²) in [6, 6.07) is 0. The first-order valence-corrected chi connectivity index (χ1v) is 7.90. The Labute approximate surface area is 136 Å². The molecule has 1 aliphatic carbocycles. The number of aromatic nitrogens is 2. The molecule has 0 unspecified atom stereocenters. The Morgan fingerprint density at radius 1 is 1.32 bits per heavy atom. The average molecular weight is 327 g/mol. The van der Waals surface area contributed by atoms with Crippen molar-refractivity contribution in [3.8, 4) is 0 Å². The topological polar surface area (TPSA) is 81.2 Å². The van der Waals surface area contributed by atoms with Gasteiger partial charge in [0.25, 0.3) is 0 Å². The zero-order valence-electron chi connectivity index (χ0n) is 12.6. The third kappa shape index (κ3) is 2.43. The number of hydrogen-bond acceptors (Lipinski definition) is 4. The number of aromatic amines is 1. The zero-order valence-corrected chi connectivity index (χ0v) is 13.4. The smallest absolute Gasteiger partial charge is 0.233 e. The van der Waals surface area contributed by atoms with Gasteiger partial charge in [-0.05, 0) is 24.8 Å². The van der Waals surface area contributed by atoms with Gasteiger partial charge in [0.15, 0.2) is 0 Å². The van der Waals surface area contributed by atoms with Gasteiger partial charge >= 0.3 is 0 Å². The van der Waals surface area contributed by atoms with Crippen molar-refractivity contribution in [2.24, 2.45) is 5.41 Å². The van der Waals surface area contributed by atoms with Crippen LogP contribution >= 0.6 is 12.4 Å². The van der Waals surface area contributed by atoms with Crippen LogP contribution in [0.25, 0.3) is 0 Å². The van der Waals surface area contributed by atoms with E-state index >= 15 is 0 Å². The Balaban J connectivity index is 0.00000144. The molecule has 1 saturated carbocycles. The van der Waals surface area contributed by atoms with Crippen molar-refractivity contribution in [1.82, 2.24) is 20.4 Å². The number of H-pyrrole nitrogens is 1. The van der Waals surface area contributed by atoms with Crippen LogP contribution in [0.4, 0.5) is 0 Å². The molecule has 1 amide bonds. The molecule has 2 fully saturated rings. The maximum Gasteiger partial charge on any atom is 0.233 e. The Hall–Kier alpha value is -1.11. The molecule has 6 nitrogen and oxygen atoms in total. The van der Waals surface area contributed by atoms with Crippen LogP contribution in [0.2, 0.25) is 0 Å². The molecule has 0 radical (unpaired) electrons. The van der Waals surface area contributed by atoms with E-state index < -0.39 is 5.41 Å². The van der Waals surface area contributed by atoms with Crippen LogP contribution in [0.5, 0.6) is 0 Å². The number of hydrogen-bond donors (Lipinski definition) is 3. The summed E-state index contributed by atoms with van der Waals surface area (Å²) in [5.74, 6) is 0.752. The first-order valence-electron chi connectivity index (χ1n) is 7.90. The van der Waals surface area contributed by atoms with Crippen LogP contribution < -0.4 is 5.32 Å². The molecule has 0 spiro atoms. The molecule has 4 rings (SSSR count). The van der Waals surface area contributed by atoms with E-state index in [0.29, 0.717) is 19.0 Å². The van der Waals surface area contributed by atoms with Gasteiger partial charge in [-0.25, -0.2) is 0 Å². The highest BCUT2D eigenvalue weighted by atomic mass is 35.5. The van der Waals surface area contributed by atoms with Crippen molar-refractivity contribution in [2.45, 2.75) is 31.6 Å². The van der Waals surface area contributed by atoms with Gasteiger partial charge in [-0.15, -0.1) is 12.4 Å². The standard InChI is InChI=1S/C15H22N4O2.ClH/c20-9-15(7-16-8-15)14(21)19-5-3-11-12(4-6-19)17-18-13(11)10-1-2-10;/h10,16,20H,1-9H2,(H,17,18);1H. The molecule has 3 aliphatic rings. The largest absolute Gasteiger partial charge is 0.395 e. The van der Waals surface area contributed by atoms with E-state index in [1.807, 2.05) is 4.90 Å². The van der Waals surface area contributed by atoms with Crippen molar-refractivity contribution in [3.63, 3.8) is 0 Å². The Kier molecular flexibility index (Phi) is 4.18. The second kappa shape index (κ2) is 5.83. The first kappa shape index (κ1) is 15.8. The molecule has 1 aromatic rings. The van der Waals surface area contributed by atoms with E-state index in [0.717, 1.165) is 25.9 Å². The number of amides is 1. The van der Waals surface area contributed by atoms with Crippen molar-refractivity contribution in [1.29, 1.82) is 0 Å². The number of halogens is 1. The Morgan fingerprint density at radius 3 is 2.64 bits per heavy atom. The third-order valence-corrected chi connectivity index (χ3v) is 5.18. The quantitative estimate of drug-likeness (QED) is 0.742. The second-order valence-electron chi connectivity index (χ2n) is 6.67. The number of carbonyl (C=O) groups is 1. The van der Waals surface area contributed by atoms with Gasteiger partial charge in [0.2, 0.25) is 5.91 Å². The van der Waals surface area contributed by atoms with E-state index in [1.165, 1.54) is 29.8 Å². The number of nitrogens with one attached hydrogen (secondary N) is 2. The summed E-state index contributed by atoms with van der Waals surface area (Å²) in [6.45, 7) is 2.60. The maximum absolute atomic E-state index is 12.7. The van der Waals surface area contributed by atoms with Crippen molar-refractivity contribution in [2.75, 3.05) is 32.8 Å². The number of fused-ring (bicyclic) bond motifs is 1. The molecular formula is C15H23ClN4O2. The first-order chi connectivity index (χ1) is 10.2. The summed E-state index contributed by atoms with van der Waals surface area (Å²) in [5, 5.41) is 20.3. The van der Waals surface area contributed by atoms with Crippen LogP contribution in [-0.2, 0) is 17.6 Å². The van der Waals surface area contributed by atoms with Crippen molar-refractivity contribution < 1.29 is 9.90 Å². The van der Waals surface area contributed by atoms with E-state index in [9.17, 15) is 9.90 Å². The van der Waals surface area contributed by atoms with Gasteiger partial charge in [0.1, 0.15) is 0 Å². The molecule has 7 heteroatoms. The van der Waals surface area contributed by atoms with Crippen LogP contribution in [0.3, 0.4) is 0 Å². The molecule has 3 heterocycles. The minimum atomic E-state index is -0.574. The zero-order chi connectivity index (χ0) is 14.4. The molecule has 2 aliphatic heterocycles. The molecule has 0 bridgehead atoms. The van der Waals surface area contributed by atoms with Gasteiger partial charge in [0.05, 0.1) is 17.7 Å². The van der Waals surface area contributed by atoms with Gasteiger partial charge in [-0.2, -0.15) is 5.10 Å². The maximum atomic E-state index is 12.7. The molecule has 22 heavy (non-hydrogen) atoms. The average Bonchev–Trinajstić information content (AvgIpc) is 3.24. The normalized spacial score (nSPS) is 23.0. The number of carbonyl (C=O) groups excluding carboxylic acids is 1. The second-order valence-corrected chi connectivity index (χ2v) is 6.67. The fourth-order valence-electron chi connectivity index (χ4n) is 3.50. The van der Waals surface area contributed by atoms with E-state index in [-0.39, 0.29) is 24.9 Å². The van der Waals surface area contributed by atoms with Crippen LogP contribution in [0, 0.1) is 5.41 Å². The lowest BCUT2D eigenvalue weighted by Gasteiger charge is -2.42. The lowest BCUT2D eigenvalue weighted by molar-refractivity contribution is -0.148. The highest BCUT2D eigenvalue weighted by Crippen LogP contribution is 2.41. The lowest BCUT2D eigenvalue weighted by Crippen LogP contribution is -2.64.